The highest BCUT2D eigenvalue weighted by Crippen LogP contribution is 2.24. The van der Waals surface area contributed by atoms with Crippen molar-refractivity contribution in [1.82, 2.24) is 14.5 Å². The number of aromatic carboxylic acids is 1. The molecular weight excluding hydrogens is 290 g/mol. The number of nitrogens with zero attached hydrogens (tertiary/aromatic N) is 3. The molecule has 0 saturated carbocycles. The first-order valence-corrected chi connectivity index (χ1v) is 7.06. The van der Waals surface area contributed by atoms with Crippen molar-refractivity contribution in [3.05, 3.63) is 46.8 Å². The molecular formula is C14H15N3O3S. The van der Waals surface area contributed by atoms with Crippen LogP contribution in [0, 0.1) is 0 Å². The molecule has 2 heterocycles. The van der Waals surface area contributed by atoms with Crippen LogP contribution in [0.5, 0.6) is 0 Å². The molecule has 0 aliphatic rings. The average molecular weight is 305 g/mol. The molecule has 0 fully saturated rings. The molecule has 0 spiro atoms. The van der Waals surface area contributed by atoms with Gasteiger partial charge in [-0.2, -0.15) is 0 Å². The average Bonchev–Trinajstić information content (AvgIpc) is 2.40. The third-order valence-corrected chi connectivity index (χ3v) is 3.66. The van der Waals surface area contributed by atoms with E-state index in [1.54, 1.807) is 23.0 Å². The lowest BCUT2D eigenvalue weighted by Gasteiger charge is -2.22. The Morgan fingerprint density at radius 3 is 2.62 bits per heavy atom. The summed E-state index contributed by atoms with van der Waals surface area (Å²) in [4.78, 5) is 31.7. The number of pyridine rings is 1. The van der Waals surface area contributed by atoms with E-state index in [0.717, 1.165) is 11.8 Å². The summed E-state index contributed by atoms with van der Waals surface area (Å²) in [5.41, 5.74) is -0.615. The Kier molecular flexibility index (Phi) is 4.13. The SMILES string of the molecule is CC(C)(C)n1ccnc(Sc2ccnc(C(=O)O)c2)c1=O. The fourth-order valence-corrected chi connectivity index (χ4v) is 2.52. The zero-order valence-electron chi connectivity index (χ0n) is 11.9. The summed E-state index contributed by atoms with van der Waals surface area (Å²) in [6, 6.07) is 3.06. The Labute approximate surface area is 125 Å². The number of carboxylic acids is 1. The highest BCUT2D eigenvalue weighted by Gasteiger charge is 2.17. The van der Waals surface area contributed by atoms with Crippen LogP contribution in [0.15, 0.2) is 45.4 Å². The van der Waals surface area contributed by atoms with Gasteiger partial charge in [0.2, 0.25) is 0 Å². The van der Waals surface area contributed by atoms with Crippen LogP contribution in [-0.4, -0.2) is 25.6 Å². The highest BCUT2D eigenvalue weighted by atomic mass is 32.2. The molecule has 6 nitrogen and oxygen atoms in total. The minimum atomic E-state index is -1.11. The smallest absolute Gasteiger partial charge is 0.354 e. The Bertz CT molecular complexity index is 735. The molecule has 2 aromatic rings. The van der Waals surface area contributed by atoms with Gasteiger partial charge >= 0.3 is 5.97 Å². The molecule has 2 aromatic heterocycles. The summed E-state index contributed by atoms with van der Waals surface area (Å²) in [6.45, 7) is 5.79. The second-order valence-electron chi connectivity index (χ2n) is 5.36. The second kappa shape index (κ2) is 5.69. The van der Waals surface area contributed by atoms with Crippen LogP contribution in [0.2, 0.25) is 0 Å². The van der Waals surface area contributed by atoms with E-state index in [9.17, 15) is 9.59 Å². The molecule has 2 rings (SSSR count). The van der Waals surface area contributed by atoms with Crippen LogP contribution in [0.3, 0.4) is 0 Å². The molecule has 0 radical (unpaired) electrons. The number of carbonyl (C=O) groups is 1. The fourth-order valence-electron chi connectivity index (χ4n) is 1.70. The molecule has 0 bridgehead atoms. The van der Waals surface area contributed by atoms with Gasteiger partial charge in [0.1, 0.15) is 5.69 Å². The van der Waals surface area contributed by atoms with Crippen LogP contribution in [0.25, 0.3) is 0 Å². The molecule has 21 heavy (non-hydrogen) atoms. The quantitative estimate of drug-likeness (QED) is 0.936. The van der Waals surface area contributed by atoms with Gasteiger partial charge in [-0.25, -0.2) is 14.8 Å². The Hall–Kier alpha value is -2.15. The number of carboxylic acid groups (broad SMARTS) is 1. The first-order chi connectivity index (χ1) is 9.79. The molecule has 0 saturated heterocycles. The largest absolute Gasteiger partial charge is 0.477 e. The maximum absolute atomic E-state index is 12.4. The Balaban J connectivity index is 2.39. The third kappa shape index (κ3) is 3.49. The van der Waals surface area contributed by atoms with Gasteiger partial charge in [0.05, 0.1) is 0 Å². The molecule has 110 valence electrons. The normalized spacial score (nSPS) is 11.4. The maximum Gasteiger partial charge on any atom is 0.354 e. The van der Waals surface area contributed by atoms with Crippen molar-refractivity contribution in [3.63, 3.8) is 0 Å². The van der Waals surface area contributed by atoms with Gasteiger partial charge < -0.3 is 9.67 Å². The first kappa shape index (κ1) is 15.2. The van der Waals surface area contributed by atoms with E-state index in [1.807, 2.05) is 20.8 Å². The van der Waals surface area contributed by atoms with E-state index in [0.29, 0.717) is 9.92 Å². The monoisotopic (exact) mass is 305 g/mol. The van der Waals surface area contributed by atoms with E-state index in [2.05, 4.69) is 9.97 Å². The van der Waals surface area contributed by atoms with Crippen LogP contribution in [0.1, 0.15) is 31.3 Å². The van der Waals surface area contributed by atoms with E-state index in [1.165, 1.54) is 12.3 Å². The van der Waals surface area contributed by atoms with Gasteiger partial charge in [-0.15, -0.1) is 0 Å². The van der Waals surface area contributed by atoms with E-state index in [-0.39, 0.29) is 16.8 Å². The molecule has 0 aliphatic carbocycles. The number of hydrogen-bond acceptors (Lipinski definition) is 5. The van der Waals surface area contributed by atoms with Crippen molar-refractivity contribution in [3.8, 4) is 0 Å². The summed E-state index contributed by atoms with van der Waals surface area (Å²) < 4.78 is 1.60. The summed E-state index contributed by atoms with van der Waals surface area (Å²) in [6.07, 6.45) is 4.60. The van der Waals surface area contributed by atoms with E-state index >= 15 is 0 Å². The lowest BCUT2D eigenvalue weighted by atomic mass is 10.1. The predicted molar refractivity (Wildman–Crippen MR) is 78.8 cm³/mol. The van der Waals surface area contributed by atoms with Crippen molar-refractivity contribution in [2.45, 2.75) is 36.2 Å². The van der Waals surface area contributed by atoms with Crippen molar-refractivity contribution < 1.29 is 9.90 Å². The molecule has 0 atom stereocenters. The van der Waals surface area contributed by atoms with Crippen molar-refractivity contribution >= 4 is 17.7 Å². The number of hydrogen-bond donors (Lipinski definition) is 1. The lowest BCUT2D eigenvalue weighted by molar-refractivity contribution is 0.0690. The molecule has 0 aromatic carbocycles. The standard InChI is InChI=1S/C14H15N3O3S/c1-14(2,3)17-7-6-16-11(12(17)18)21-9-4-5-15-10(8-9)13(19)20/h4-8H,1-3H3,(H,19,20). The zero-order chi connectivity index (χ0) is 15.6. The fraction of sp³-hybridized carbons (Fsp3) is 0.286. The summed E-state index contributed by atoms with van der Waals surface area (Å²) in [7, 11) is 0. The number of aromatic nitrogens is 3. The van der Waals surface area contributed by atoms with Crippen LogP contribution < -0.4 is 5.56 Å². The van der Waals surface area contributed by atoms with Crippen molar-refractivity contribution in [2.24, 2.45) is 0 Å². The molecule has 7 heteroatoms. The Morgan fingerprint density at radius 1 is 1.29 bits per heavy atom. The minimum absolute atomic E-state index is 0.0629. The van der Waals surface area contributed by atoms with Gasteiger partial charge in [-0.1, -0.05) is 11.8 Å². The second-order valence-corrected chi connectivity index (χ2v) is 6.42. The zero-order valence-corrected chi connectivity index (χ0v) is 12.7. The van der Waals surface area contributed by atoms with Gasteiger partial charge in [0, 0.05) is 29.0 Å². The highest BCUT2D eigenvalue weighted by molar-refractivity contribution is 7.99. The first-order valence-electron chi connectivity index (χ1n) is 6.24. The van der Waals surface area contributed by atoms with Gasteiger partial charge in [-0.05, 0) is 32.9 Å². The molecule has 0 unspecified atom stereocenters. The number of rotatable bonds is 3. The minimum Gasteiger partial charge on any atom is -0.477 e. The third-order valence-electron chi connectivity index (χ3n) is 2.70. The van der Waals surface area contributed by atoms with Crippen molar-refractivity contribution in [1.29, 1.82) is 0 Å². The van der Waals surface area contributed by atoms with Crippen LogP contribution in [-0.2, 0) is 5.54 Å². The maximum atomic E-state index is 12.4. The lowest BCUT2D eigenvalue weighted by Crippen LogP contribution is -2.34. The van der Waals surface area contributed by atoms with Crippen LogP contribution >= 0.6 is 11.8 Å². The van der Waals surface area contributed by atoms with Crippen molar-refractivity contribution in [2.75, 3.05) is 0 Å². The van der Waals surface area contributed by atoms with Crippen LogP contribution in [0.4, 0.5) is 0 Å². The Morgan fingerprint density at radius 2 is 2.00 bits per heavy atom. The van der Waals surface area contributed by atoms with Gasteiger partial charge in [-0.3, -0.25) is 4.79 Å². The summed E-state index contributed by atoms with van der Waals surface area (Å²) in [5.74, 6) is -1.11. The van der Waals surface area contributed by atoms with Gasteiger partial charge in [0.25, 0.3) is 5.56 Å². The van der Waals surface area contributed by atoms with Gasteiger partial charge in [0.15, 0.2) is 5.03 Å². The topological polar surface area (TPSA) is 85.1 Å². The molecule has 0 amide bonds. The molecule has 0 aliphatic heterocycles. The molecule has 1 N–H and O–H groups in total. The summed E-state index contributed by atoms with van der Waals surface area (Å²) >= 11 is 1.13. The van der Waals surface area contributed by atoms with E-state index in [4.69, 9.17) is 5.11 Å². The summed E-state index contributed by atoms with van der Waals surface area (Å²) in [5, 5.41) is 9.23. The predicted octanol–water partition coefficient (Wildman–Crippen LogP) is 2.24. The van der Waals surface area contributed by atoms with E-state index < -0.39 is 5.97 Å².